The van der Waals surface area contributed by atoms with E-state index in [-0.39, 0.29) is 16.8 Å². The number of nitrogens with one attached hydrogen (secondary N) is 1. The molecule has 30 heavy (non-hydrogen) atoms. The number of anilines is 1. The van der Waals surface area contributed by atoms with Crippen molar-refractivity contribution in [2.24, 2.45) is 0 Å². The molecule has 0 radical (unpaired) electrons. The molecule has 1 unspecified atom stereocenters. The van der Waals surface area contributed by atoms with Crippen LogP contribution >= 0.6 is 23.2 Å². The van der Waals surface area contributed by atoms with Gasteiger partial charge in [-0.25, -0.2) is 8.78 Å². The number of rotatable bonds is 5. The summed E-state index contributed by atoms with van der Waals surface area (Å²) in [6.45, 7) is 1.89. The van der Waals surface area contributed by atoms with Crippen LogP contribution in [0.3, 0.4) is 0 Å². The monoisotopic (exact) mass is 445 g/mol. The highest BCUT2D eigenvalue weighted by Gasteiger charge is 2.24. The van der Waals surface area contributed by atoms with E-state index in [4.69, 9.17) is 27.6 Å². The summed E-state index contributed by atoms with van der Waals surface area (Å²) in [5.41, 5.74) is 2.58. The lowest BCUT2D eigenvalue weighted by Crippen LogP contribution is -2.13. The summed E-state index contributed by atoms with van der Waals surface area (Å²) in [6.07, 6.45) is 0. The van der Waals surface area contributed by atoms with Crippen LogP contribution in [-0.2, 0) is 0 Å². The van der Waals surface area contributed by atoms with Gasteiger partial charge in [0.05, 0.1) is 0 Å². The molecule has 0 spiro atoms. The summed E-state index contributed by atoms with van der Waals surface area (Å²) in [4.78, 5) is 0. The predicted octanol–water partition coefficient (Wildman–Crippen LogP) is 6.83. The molecule has 4 rings (SSSR count). The van der Waals surface area contributed by atoms with Crippen LogP contribution in [0, 0.1) is 18.6 Å². The van der Waals surface area contributed by atoms with Gasteiger partial charge in [-0.1, -0.05) is 41.4 Å². The number of halogens is 4. The topological polar surface area (TPSA) is 51.0 Å². The molecule has 4 aromatic rings. The van der Waals surface area contributed by atoms with E-state index in [0.717, 1.165) is 5.56 Å². The minimum Gasteiger partial charge on any atom is -0.418 e. The molecule has 8 heteroatoms. The van der Waals surface area contributed by atoms with Crippen molar-refractivity contribution in [3.63, 3.8) is 0 Å². The number of hydrogen-bond acceptors (Lipinski definition) is 4. The Morgan fingerprint density at radius 1 is 0.900 bits per heavy atom. The third-order valence-electron chi connectivity index (χ3n) is 4.52. The van der Waals surface area contributed by atoms with E-state index in [9.17, 15) is 8.78 Å². The van der Waals surface area contributed by atoms with Gasteiger partial charge in [0.1, 0.15) is 17.7 Å². The van der Waals surface area contributed by atoms with Gasteiger partial charge in [0.25, 0.3) is 0 Å². The number of nitrogens with zero attached hydrogens (tertiary/aromatic N) is 2. The standard InChI is InChI=1S/C22H15Cl2F2N3O/c1-12-5-7-16(11-18(12)23)27-20(17-8-6-15(26)10-19(17)24)22-29-28-21(30-22)13-3-2-4-14(25)9-13/h2-11,20,27H,1H3. The highest BCUT2D eigenvalue weighted by atomic mass is 35.5. The average molecular weight is 446 g/mol. The van der Waals surface area contributed by atoms with Gasteiger partial charge in [0.15, 0.2) is 0 Å². The molecule has 1 aromatic heterocycles. The first kappa shape index (κ1) is 20.3. The van der Waals surface area contributed by atoms with E-state index in [1.54, 1.807) is 18.2 Å². The maximum Gasteiger partial charge on any atom is 0.247 e. The molecule has 0 saturated carbocycles. The van der Waals surface area contributed by atoms with E-state index in [2.05, 4.69) is 15.5 Å². The van der Waals surface area contributed by atoms with Crippen LogP contribution < -0.4 is 5.32 Å². The second-order valence-corrected chi connectivity index (χ2v) is 7.48. The maximum absolute atomic E-state index is 13.6. The van der Waals surface area contributed by atoms with Crippen LogP contribution in [0.5, 0.6) is 0 Å². The van der Waals surface area contributed by atoms with Gasteiger partial charge in [-0.15, -0.1) is 10.2 Å². The minimum atomic E-state index is -0.688. The fourth-order valence-electron chi connectivity index (χ4n) is 2.95. The number of hydrogen-bond donors (Lipinski definition) is 1. The van der Waals surface area contributed by atoms with E-state index in [1.807, 2.05) is 19.1 Å². The largest absolute Gasteiger partial charge is 0.418 e. The Bertz CT molecular complexity index is 1210. The molecule has 0 bridgehead atoms. The third kappa shape index (κ3) is 4.30. The van der Waals surface area contributed by atoms with Crippen LogP contribution in [0.4, 0.5) is 14.5 Å². The number of benzene rings is 3. The molecule has 1 N–H and O–H groups in total. The Labute approximate surface area is 181 Å². The van der Waals surface area contributed by atoms with Crippen molar-refractivity contribution < 1.29 is 13.2 Å². The molecule has 4 nitrogen and oxygen atoms in total. The van der Waals surface area contributed by atoms with E-state index < -0.39 is 17.7 Å². The summed E-state index contributed by atoms with van der Waals surface area (Å²) < 4.78 is 33.0. The van der Waals surface area contributed by atoms with Crippen LogP contribution in [-0.4, -0.2) is 10.2 Å². The van der Waals surface area contributed by atoms with Crippen LogP contribution in [0.1, 0.15) is 23.1 Å². The molecule has 1 heterocycles. The van der Waals surface area contributed by atoms with Crippen LogP contribution in [0.15, 0.2) is 65.1 Å². The molecule has 3 aromatic carbocycles. The highest BCUT2D eigenvalue weighted by Crippen LogP contribution is 2.33. The Kier molecular flexibility index (Phi) is 5.70. The van der Waals surface area contributed by atoms with Crippen LogP contribution in [0.2, 0.25) is 10.0 Å². The maximum atomic E-state index is 13.6. The van der Waals surface area contributed by atoms with E-state index in [1.165, 1.54) is 30.3 Å². The van der Waals surface area contributed by atoms with Crippen LogP contribution in [0.25, 0.3) is 11.5 Å². The van der Waals surface area contributed by atoms with Crippen molar-refractivity contribution in [3.8, 4) is 11.5 Å². The van der Waals surface area contributed by atoms with E-state index >= 15 is 0 Å². The fourth-order valence-corrected chi connectivity index (χ4v) is 3.40. The summed E-state index contributed by atoms with van der Waals surface area (Å²) in [7, 11) is 0. The fraction of sp³-hybridized carbons (Fsp3) is 0.0909. The SMILES string of the molecule is Cc1ccc(NC(c2nnc(-c3cccc(F)c3)o2)c2ccc(F)cc2Cl)cc1Cl. The third-order valence-corrected chi connectivity index (χ3v) is 5.25. The molecule has 0 aliphatic rings. The predicted molar refractivity (Wildman–Crippen MR) is 113 cm³/mol. The summed E-state index contributed by atoms with van der Waals surface area (Å²) >= 11 is 12.5. The molecule has 0 fully saturated rings. The molecule has 0 aliphatic carbocycles. The lowest BCUT2D eigenvalue weighted by molar-refractivity contribution is 0.493. The Morgan fingerprint density at radius 3 is 2.43 bits per heavy atom. The van der Waals surface area contributed by atoms with Crippen molar-refractivity contribution in [2.75, 3.05) is 5.32 Å². The smallest absolute Gasteiger partial charge is 0.247 e. The quantitative estimate of drug-likeness (QED) is 0.365. The Hall–Kier alpha value is -2.96. The van der Waals surface area contributed by atoms with Gasteiger partial charge in [-0.3, -0.25) is 0 Å². The zero-order valence-corrected chi connectivity index (χ0v) is 17.2. The van der Waals surface area contributed by atoms with Crippen molar-refractivity contribution in [2.45, 2.75) is 13.0 Å². The van der Waals surface area contributed by atoms with Gasteiger partial charge in [0, 0.05) is 26.9 Å². The summed E-state index contributed by atoms with van der Waals surface area (Å²) in [5.74, 6) is -0.555. The van der Waals surface area contributed by atoms with Crippen molar-refractivity contribution >= 4 is 28.9 Å². The molecule has 0 saturated heterocycles. The normalized spacial score (nSPS) is 12.0. The van der Waals surface area contributed by atoms with Crippen molar-refractivity contribution in [1.29, 1.82) is 0 Å². The highest BCUT2D eigenvalue weighted by molar-refractivity contribution is 6.32. The summed E-state index contributed by atoms with van der Waals surface area (Å²) in [5, 5.41) is 12.2. The summed E-state index contributed by atoms with van der Waals surface area (Å²) in [6, 6.07) is 14.6. The van der Waals surface area contributed by atoms with Crippen molar-refractivity contribution in [3.05, 3.63) is 99.4 Å². The first-order valence-electron chi connectivity index (χ1n) is 8.97. The second kappa shape index (κ2) is 8.42. The molecular formula is C22H15Cl2F2N3O. The Balaban J connectivity index is 1.76. The zero-order chi connectivity index (χ0) is 21.3. The minimum absolute atomic E-state index is 0.150. The van der Waals surface area contributed by atoms with Gasteiger partial charge in [-0.05, 0) is 55.0 Å². The molecule has 1 atom stereocenters. The lowest BCUT2D eigenvalue weighted by atomic mass is 10.1. The zero-order valence-electron chi connectivity index (χ0n) is 15.7. The molecule has 0 aliphatic heterocycles. The van der Waals surface area contributed by atoms with Gasteiger partial charge < -0.3 is 9.73 Å². The van der Waals surface area contributed by atoms with Gasteiger partial charge in [0.2, 0.25) is 11.8 Å². The number of aryl methyl sites for hydroxylation is 1. The first-order chi connectivity index (χ1) is 14.4. The van der Waals surface area contributed by atoms with E-state index in [0.29, 0.717) is 21.8 Å². The molecule has 0 amide bonds. The lowest BCUT2D eigenvalue weighted by Gasteiger charge is -2.19. The molecule has 152 valence electrons. The average Bonchev–Trinajstić information content (AvgIpc) is 3.19. The van der Waals surface area contributed by atoms with Gasteiger partial charge in [-0.2, -0.15) is 0 Å². The Morgan fingerprint density at radius 2 is 1.70 bits per heavy atom. The number of aromatic nitrogens is 2. The molecular weight excluding hydrogens is 431 g/mol. The van der Waals surface area contributed by atoms with Crippen molar-refractivity contribution in [1.82, 2.24) is 10.2 Å². The first-order valence-corrected chi connectivity index (χ1v) is 9.73. The second-order valence-electron chi connectivity index (χ2n) is 6.66. The van der Waals surface area contributed by atoms with Gasteiger partial charge >= 0.3 is 0 Å².